The summed E-state index contributed by atoms with van der Waals surface area (Å²) in [4.78, 5) is 26.8. The number of aromatic nitrogens is 6. The zero-order chi connectivity index (χ0) is 25.5. The Morgan fingerprint density at radius 3 is 0.794 bits per heavy atom. The zero-order valence-electron chi connectivity index (χ0n) is 23.3. The highest BCUT2D eigenvalue weighted by Crippen LogP contribution is 2.36. The summed E-state index contributed by atoms with van der Waals surface area (Å²) in [5.41, 5.74) is 10.0. The largest absolute Gasteiger partial charge is 0.341 e. The molecule has 3 aromatic heterocycles. The molecule has 0 atom stereocenters. The van der Waals surface area contributed by atoms with Crippen LogP contribution in [0.15, 0.2) is 0 Å². The van der Waals surface area contributed by atoms with E-state index in [0.29, 0.717) is 35.5 Å². The second-order valence-electron chi connectivity index (χ2n) is 11.3. The predicted molar refractivity (Wildman–Crippen MR) is 146 cm³/mol. The minimum absolute atomic E-state index is 0.349. The lowest BCUT2D eigenvalue weighted by Gasteiger charge is -2.11. The fraction of sp³-hybridized carbons (Fsp3) is 0.667. The molecule has 0 saturated carbocycles. The van der Waals surface area contributed by atoms with Gasteiger partial charge in [0.1, 0.15) is 24.6 Å². The molecule has 0 amide bonds. The van der Waals surface area contributed by atoms with Gasteiger partial charge in [-0.15, -0.1) is 0 Å². The van der Waals surface area contributed by atoms with E-state index in [4.69, 9.17) is 15.0 Å². The van der Waals surface area contributed by atoms with Gasteiger partial charge in [0.2, 0.25) is 0 Å². The number of nitrogens with zero attached hydrogens (tertiary/aromatic N) is 3. The molecule has 6 nitrogen and oxygen atoms in total. The van der Waals surface area contributed by atoms with Gasteiger partial charge in [0, 0.05) is 17.1 Å². The van der Waals surface area contributed by atoms with Crippen molar-refractivity contribution in [2.24, 2.45) is 0 Å². The summed E-state index contributed by atoms with van der Waals surface area (Å²) < 4.78 is 0. The fourth-order valence-corrected chi connectivity index (χ4v) is 6.34. The van der Waals surface area contributed by atoms with Crippen molar-refractivity contribution in [1.29, 1.82) is 0 Å². The Kier molecular flexibility index (Phi) is 8.12. The standard InChI is InChI=1S/C27H45N6P/c1-13(2)19-20(14(3)4)29-25(28-19)34(26-30-21(15(5)6)22(31-26)16(7)8)27-32-23(17(9)10)24(33-27)18(11)12/h13-18H,1-12H3,(H,28,29)(H,30,31)(H,32,33). The third kappa shape index (κ3) is 5.17. The molecule has 0 aliphatic rings. The van der Waals surface area contributed by atoms with E-state index in [1.807, 2.05) is 0 Å². The normalized spacial score (nSPS) is 12.8. The lowest BCUT2D eigenvalue weighted by atomic mass is 10.0. The van der Waals surface area contributed by atoms with E-state index in [-0.39, 0.29) is 0 Å². The Hall–Kier alpha value is -1.94. The van der Waals surface area contributed by atoms with Crippen molar-refractivity contribution in [3.05, 3.63) is 34.2 Å². The van der Waals surface area contributed by atoms with Crippen LogP contribution in [-0.2, 0) is 0 Å². The van der Waals surface area contributed by atoms with Gasteiger partial charge in [-0.3, -0.25) is 0 Å². The van der Waals surface area contributed by atoms with E-state index >= 15 is 0 Å². The fourth-order valence-electron chi connectivity index (χ4n) is 4.42. The van der Waals surface area contributed by atoms with Gasteiger partial charge >= 0.3 is 0 Å². The van der Waals surface area contributed by atoms with Gasteiger partial charge in [-0.25, -0.2) is 15.0 Å². The van der Waals surface area contributed by atoms with Crippen LogP contribution in [0.1, 0.15) is 153 Å². The Morgan fingerprint density at radius 1 is 0.412 bits per heavy atom. The molecule has 0 saturated heterocycles. The number of rotatable bonds is 9. The molecular formula is C27H45N6P. The summed E-state index contributed by atoms with van der Waals surface area (Å²) in [7, 11) is -1.08. The molecule has 0 spiro atoms. The van der Waals surface area contributed by atoms with E-state index in [9.17, 15) is 0 Å². The number of aromatic amines is 3. The first-order chi connectivity index (χ1) is 15.8. The molecule has 3 rings (SSSR count). The van der Waals surface area contributed by atoms with Gasteiger partial charge in [0.15, 0.2) is 0 Å². The first-order valence-corrected chi connectivity index (χ1v) is 14.3. The maximum Gasteiger partial charge on any atom is 0.144 e. The van der Waals surface area contributed by atoms with Crippen LogP contribution in [0.3, 0.4) is 0 Å². The highest BCUT2D eigenvalue weighted by molar-refractivity contribution is 7.78. The average Bonchev–Trinajstić information content (AvgIpc) is 3.45. The van der Waals surface area contributed by atoms with Crippen molar-refractivity contribution in [3.8, 4) is 0 Å². The SMILES string of the molecule is CC(C)c1nc(P(c2nc(C(C)C)c(C(C)C)[nH]2)c2nc(C(C)C)c(C(C)C)[nH]2)[nH]c1C(C)C. The van der Waals surface area contributed by atoms with E-state index in [1.54, 1.807) is 0 Å². The van der Waals surface area contributed by atoms with Gasteiger partial charge in [-0.1, -0.05) is 83.1 Å². The summed E-state index contributed by atoms with van der Waals surface area (Å²) >= 11 is 0. The van der Waals surface area contributed by atoms with Crippen LogP contribution < -0.4 is 16.7 Å². The van der Waals surface area contributed by atoms with Gasteiger partial charge in [-0.05, 0) is 35.5 Å². The monoisotopic (exact) mass is 484 g/mol. The van der Waals surface area contributed by atoms with Gasteiger partial charge in [0.25, 0.3) is 0 Å². The van der Waals surface area contributed by atoms with E-state index in [2.05, 4.69) is 98.0 Å². The first kappa shape index (κ1) is 26.7. The number of nitrogens with one attached hydrogen (secondary N) is 3. The van der Waals surface area contributed by atoms with Crippen LogP contribution in [0.2, 0.25) is 0 Å². The molecule has 3 aromatic rings. The van der Waals surface area contributed by atoms with Crippen molar-refractivity contribution in [3.63, 3.8) is 0 Å². The highest BCUT2D eigenvalue weighted by atomic mass is 31.1. The maximum absolute atomic E-state index is 5.19. The average molecular weight is 485 g/mol. The van der Waals surface area contributed by atoms with E-state index in [0.717, 1.165) is 33.8 Å². The third-order valence-electron chi connectivity index (χ3n) is 6.25. The summed E-state index contributed by atoms with van der Waals surface area (Å²) in [6.07, 6.45) is 0. The summed E-state index contributed by atoms with van der Waals surface area (Å²) in [5.74, 6) is 2.17. The van der Waals surface area contributed by atoms with Crippen LogP contribution in [0.25, 0.3) is 0 Å². The minimum Gasteiger partial charge on any atom is -0.341 e. The van der Waals surface area contributed by atoms with E-state index in [1.165, 1.54) is 17.1 Å². The van der Waals surface area contributed by atoms with Crippen LogP contribution in [0.4, 0.5) is 0 Å². The second kappa shape index (κ2) is 10.4. The summed E-state index contributed by atoms with van der Waals surface area (Å²) in [6, 6.07) is 0. The Balaban J connectivity index is 2.30. The number of H-pyrrole nitrogens is 3. The molecule has 0 fully saturated rings. The maximum atomic E-state index is 5.19. The van der Waals surface area contributed by atoms with Crippen LogP contribution >= 0.6 is 7.92 Å². The van der Waals surface area contributed by atoms with Crippen molar-refractivity contribution < 1.29 is 0 Å². The minimum atomic E-state index is -1.08. The lowest BCUT2D eigenvalue weighted by Crippen LogP contribution is -2.28. The molecule has 3 heterocycles. The molecule has 3 N–H and O–H groups in total. The van der Waals surface area contributed by atoms with Crippen molar-refractivity contribution in [1.82, 2.24) is 29.9 Å². The quantitative estimate of drug-likeness (QED) is 0.309. The second-order valence-corrected chi connectivity index (χ2v) is 13.3. The predicted octanol–water partition coefficient (Wildman–Crippen LogP) is 6.35. The third-order valence-corrected chi connectivity index (χ3v) is 8.16. The lowest BCUT2D eigenvalue weighted by molar-refractivity contribution is 0.759. The van der Waals surface area contributed by atoms with Crippen molar-refractivity contribution in [2.45, 2.75) is 119 Å². The summed E-state index contributed by atoms with van der Waals surface area (Å²) in [6.45, 7) is 26.7. The van der Waals surface area contributed by atoms with Gasteiger partial charge < -0.3 is 15.0 Å². The number of imidazole rings is 3. The van der Waals surface area contributed by atoms with Crippen LogP contribution in [0.5, 0.6) is 0 Å². The molecule has 0 unspecified atom stereocenters. The molecule has 0 aromatic carbocycles. The zero-order valence-corrected chi connectivity index (χ0v) is 24.1. The molecule has 188 valence electrons. The molecule has 7 heteroatoms. The highest BCUT2D eigenvalue weighted by Gasteiger charge is 2.32. The van der Waals surface area contributed by atoms with Crippen molar-refractivity contribution >= 4 is 24.6 Å². The van der Waals surface area contributed by atoms with Gasteiger partial charge in [-0.2, -0.15) is 0 Å². The summed E-state index contributed by atoms with van der Waals surface area (Å²) in [5, 5.41) is 0. The Morgan fingerprint density at radius 2 is 0.647 bits per heavy atom. The van der Waals surface area contributed by atoms with Gasteiger partial charge in [0.05, 0.1) is 17.1 Å². The number of hydrogen-bond acceptors (Lipinski definition) is 3. The van der Waals surface area contributed by atoms with E-state index < -0.39 is 7.92 Å². The van der Waals surface area contributed by atoms with Crippen LogP contribution in [0, 0.1) is 0 Å². The molecule has 0 bridgehead atoms. The molecule has 0 aliphatic carbocycles. The topological polar surface area (TPSA) is 86.0 Å². The Labute approximate surface area is 207 Å². The number of hydrogen-bond donors (Lipinski definition) is 3. The smallest absolute Gasteiger partial charge is 0.144 e. The molecule has 34 heavy (non-hydrogen) atoms. The molecular weight excluding hydrogens is 439 g/mol. The molecule has 0 radical (unpaired) electrons. The molecule has 0 aliphatic heterocycles. The Bertz CT molecular complexity index is 882. The van der Waals surface area contributed by atoms with Crippen molar-refractivity contribution in [2.75, 3.05) is 0 Å². The first-order valence-electron chi connectivity index (χ1n) is 12.9. The van der Waals surface area contributed by atoms with Crippen LogP contribution in [-0.4, -0.2) is 29.9 Å².